The summed E-state index contributed by atoms with van der Waals surface area (Å²) in [7, 11) is 1.63. The molecule has 1 aliphatic rings. The van der Waals surface area contributed by atoms with Crippen LogP contribution in [0.4, 0.5) is 17.2 Å². The van der Waals surface area contributed by atoms with Crippen LogP contribution in [-0.4, -0.2) is 41.2 Å². The summed E-state index contributed by atoms with van der Waals surface area (Å²) in [5.41, 5.74) is 7.04. The van der Waals surface area contributed by atoms with Gasteiger partial charge in [-0.05, 0) is 72.0 Å². The van der Waals surface area contributed by atoms with E-state index in [4.69, 9.17) is 4.74 Å². The first-order chi connectivity index (χ1) is 21.9. The van der Waals surface area contributed by atoms with E-state index in [1.54, 1.807) is 19.4 Å². The fourth-order valence-electron chi connectivity index (χ4n) is 5.66. The number of hydrogen-bond acceptors (Lipinski definition) is 6. The normalized spacial score (nSPS) is 13.9. The Morgan fingerprint density at radius 1 is 0.911 bits per heavy atom. The molecule has 2 aromatic heterocycles. The van der Waals surface area contributed by atoms with Crippen LogP contribution >= 0.6 is 0 Å². The molecule has 0 saturated heterocycles. The van der Waals surface area contributed by atoms with Crippen LogP contribution in [0.2, 0.25) is 0 Å². The molecule has 5 aromatic rings. The Balaban J connectivity index is 1.19. The van der Waals surface area contributed by atoms with Gasteiger partial charge in [-0.15, -0.1) is 0 Å². The lowest BCUT2D eigenvalue weighted by Gasteiger charge is -2.22. The molecule has 45 heavy (non-hydrogen) atoms. The van der Waals surface area contributed by atoms with Crippen LogP contribution in [0.5, 0.6) is 5.75 Å². The molecule has 0 fully saturated rings. The van der Waals surface area contributed by atoms with Gasteiger partial charge in [-0.3, -0.25) is 14.4 Å². The van der Waals surface area contributed by atoms with E-state index in [2.05, 4.69) is 25.9 Å². The first kappa shape index (κ1) is 29.4. The maximum absolute atomic E-state index is 13.6. The molecule has 226 valence electrons. The zero-order valence-corrected chi connectivity index (χ0v) is 25.0. The number of Topliss-reactive ketones (excluding diaryl/α,β-unsaturated/α-hetero) is 1. The van der Waals surface area contributed by atoms with Crippen LogP contribution < -0.4 is 20.7 Å². The number of methoxy groups -OCH3 is 1. The van der Waals surface area contributed by atoms with Gasteiger partial charge in [0.25, 0.3) is 5.91 Å². The molecule has 9 nitrogen and oxygen atoms in total. The molecule has 0 bridgehead atoms. The van der Waals surface area contributed by atoms with Gasteiger partial charge in [-0.1, -0.05) is 42.5 Å². The molecule has 4 N–H and O–H groups in total. The van der Waals surface area contributed by atoms with Gasteiger partial charge in [-0.2, -0.15) is 0 Å². The third kappa shape index (κ3) is 6.62. The molecular weight excluding hydrogens is 566 g/mol. The van der Waals surface area contributed by atoms with Crippen molar-refractivity contribution in [2.75, 3.05) is 24.3 Å². The Labute approximate surface area is 261 Å². The zero-order chi connectivity index (χ0) is 31.3. The summed E-state index contributed by atoms with van der Waals surface area (Å²) < 4.78 is 5.23. The number of carbonyl (C=O) groups excluding carboxylic acids is 3. The highest BCUT2D eigenvalue weighted by Gasteiger charge is 2.32. The molecule has 1 unspecified atom stereocenters. The van der Waals surface area contributed by atoms with Gasteiger partial charge < -0.3 is 25.7 Å². The number of hydrogen-bond donors (Lipinski definition) is 4. The Hall–Kier alpha value is -5.70. The number of aromatic nitrogens is 2. The maximum atomic E-state index is 13.6. The summed E-state index contributed by atoms with van der Waals surface area (Å²) in [5, 5.41) is 9.19. The van der Waals surface area contributed by atoms with Crippen molar-refractivity contribution in [2.24, 2.45) is 5.92 Å². The Morgan fingerprint density at radius 2 is 1.62 bits per heavy atom. The van der Waals surface area contributed by atoms with Crippen molar-refractivity contribution >= 4 is 34.8 Å². The second-order valence-electron chi connectivity index (χ2n) is 11.0. The first-order valence-corrected chi connectivity index (χ1v) is 14.7. The molecule has 1 aliphatic carbocycles. The summed E-state index contributed by atoms with van der Waals surface area (Å²) in [6.45, 7) is 1.79. The van der Waals surface area contributed by atoms with Crippen molar-refractivity contribution in [3.05, 3.63) is 114 Å². The van der Waals surface area contributed by atoms with Gasteiger partial charge in [0.2, 0.25) is 5.91 Å². The predicted molar refractivity (Wildman–Crippen MR) is 175 cm³/mol. The molecule has 1 atom stereocenters. The van der Waals surface area contributed by atoms with Gasteiger partial charge >= 0.3 is 0 Å². The van der Waals surface area contributed by atoms with Crippen LogP contribution in [0.15, 0.2) is 97.2 Å². The SMILES string of the molecule is COc1ccc(-c2ccc(C(=O)NCC3CC(=O)c4c([nH]c(-c5ccnc(NC(C)=O)c5)c4Nc4ccccc4)C3)cc2)cc1. The smallest absolute Gasteiger partial charge is 0.251 e. The lowest BCUT2D eigenvalue weighted by molar-refractivity contribution is -0.114. The molecule has 2 heterocycles. The van der Waals surface area contributed by atoms with E-state index in [0.29, 0.717) is 42.0 Å². The first-order valence-electron chi connectivity index (χ1n) is 14.7. The van der Waals surface area contributed by atoms with E-state index in [-0.39, 0.29) is 23.5 Å². The minimum Gasteiger partial charge on any atom is -0.497 e. The number of aromatic amines is 1. The number of rotatable bonds is 9. The third-order valence-corrected chi connectivity index (χ3v) is 7.84. The van der Waals surface area contributed by atoms with E-state index >= 15 is 0 Å². The molecule has 3 aromatic carbocycles. The number of carbonyl (C=O) groups is 3. The van der Waals surface area contributed by atoms with E-state index in [1.807, 2.05) is 84.9 Å². The number of ether oxygens (including phenoxy) is 1. The quantitative estimate of drug-likeness (QED) is 0.151. The number of benzene rings is 3. The lowest BCUT2D eigenvalue weighted by atomic mass is 9.86. The molecule has 6 rings (SSSR count). The fourth-order valence-corrected chi connectivity index (χ4v) is 5.66. The Bertz CT molecular complexity index is 1850. The molecule has 0 radical (unpaired) electrons. The van der Waals surface area contributed by atoms with Crippen LogP contribution in [0, 0.1) is 5.92 Å². The van der Waals surface area contributed by atoms with Gasteiger partial charge in [0, 0.05) is 48.6 Å². The van der Waals surface area contributed by atoms with Gasteiger partial charge in [0.05, 0.1) is 24.1 Å². The second kappa shape index (κ2) is 12.9. The van der Waals surface area contributed by atoms with E-state index in [1.165, 1.54) is 6.92 Å². The standard InChI is InChI=1S/C36H33N5O4/c1-22(42)39-32-20-27(16-17-37-32)34-35(40-28-6-4-3-5-7-28)33-30(41-34)18-23(19-31(33)43)21-38-36(44)26-10-8-24(9-11-26)25-12-14-29(45-2)15-13-25/h3-17,20,23,40-41H,18-19,21H2,1-2H3,(H,38,44)(H,37,39,42). The average molecular weight is 600 g/mol. The van der Waals surface area contributed by atoms with Crippen LogP contribution in [0.25, 0.3) is 22.4 Å². The second-order valence-corrected chi connectivity index (χ2v) is 11.0. The van der Waals surface area contributed by atoms with Crippen molar-refractivity contribution in [1.29, 1.82) is 0 Å². The molecule has 9 heteroatoms. The number of ketones is 1. The van der Waals surface area contributed by atoms with Crippen LogP contribution in [-0.2, 0) is 11.2 Å². The third-order valence-electron chi connectivity index (χ3n) is 7.84. The summed E-state index contributed by atoms with van der Waals surface area (Å²) >= 11 is 0. The fraction of sp³-hybridized carbons (Fsp3) is 0.167. The van der Waals surface area contributed by atoms with E-state index < -0.39 is 0 Å². The predicted octanol–water partition coefficient (Wildman–Crippen LogP) is 6.63. The van der Waals surface area contributed by atoms with Gasteiger partial charge in [0.1, 0.15) is 11.6 Å². The van der Waals surface area contributed by atoms with Crippen molar-refractivity contribution in [3.8, 4) is 28.1 Å². The highest BCUT2D eigenvalue weighted by molar-refractivity contribution is 6.07. The zero-order valence-electron chi connectivity index (χ0n) is 25.0. The number of anilines is 3. The lowest BCUT2D eigenvalue weighted by Crippen LogP contribution is -2.33. The monoisotopic (exact) mass is 599 g/mol. The topological polar surface area (TPSA) is 125 Å². The minimum absolute atomic E-state index is 0.00332. The van der Waals surface area contributed by atoms with Gasteiger partial charge in [0.15, 0.2) is 5.78 Å². The highest BCUT2D eigenvalue weighted by atomic mass is 16.5. The summed E-state index contributed by atoms with van der Waals surface area (Å²) in [6, 6.07) is 28.5. The van der Waals surface area contributed by atoms with Crippen molar-refractivity contribution in [3.63, 3.8) is 0 Å². The van der Waals surface area contributed by atoms with Crippen LogP contribution in [0.3, 0.4) is 0 Å². The molecule has 2 amide bonds. The van der Waals surface area contributed by atoms with E-state index in [0.717, 1.165) is 39.5 Å². The number of H-pyrrole nitrogens is 1. The van der Waals surface area contributed by atoms with Crippen LogP contribution in [0.1, 0.15) is 39.8 Å². The van der Waals surface area contributed by atoms with Gasteiger partial charge in [-0.25, -0.2) is 4.98 Å². The van der Waals surface area contributed by atoms with E-state index in [9.17, 15) is 14.4 Å². The molecule has 0 spiro atoms. The number of nitrogens with one attached hydrogen (secondary N) is 4. The van der Waals surface area contributed by atoms with Crippen molar-refractivity contribution in [1.82, 2.24) is 15.3 Å². The number of nitrogens with zero attached hydrogens (tertiary/aromatic N) is 1. The number of para-hydroxylation sites is 1. The average Bonchev–Trinajstić information content (AvgIpc) is 3.42. The largest absolute Gasteiger partial charge is 0.497 e. The highest BCUT2D eigenvalue weighted by Crippen LogP contribution is 2.40. The Kier molecular flexibility index (Phi) is 8.41. The summed E-state index contributed by atoms with van der Waals surface area (Å²) in [6.07, 6.45) is 2.51. The van der Waals surface area contributed by atoms with Crippen molar-refractivity contribution in [2.45, 2.75) is 19.8 Å². The molecule has 0 aliphatic heterocycles. The maximum Gasteiger partial charge on any atom is 0.251 e. The molecular formula is C36H33N5O4. The number of amides is 2. The number of pyridine rings is 1. The summed E-state index contributed by atoms with van der Waals surface area (Å²) in [5.74, 6) is 0.724. The minimum atomic E-state index is -0.221. The Morgan fingerprint density at radius 3 is 2.31 bits per heavy atom. The number of fused-ring (bicyclic) bond motifs is 1. The molecule has 0 saturated carbocycles. The summed E-state index contributed by atoms with van der Waals surface area (Å²) in [4.78, 5) is 46.1. The van der Waals surface area contributed by atoms with Crippen molar-refractivity contribution < 1.29 is 19.1 Å².